The fourth-order valence-corrected chi connectivity index (χ4v) is 4.85. The zero-order chi connectivity index (χ0) is 25.7. The van der Waals surface area contributed by atoms with Crippen LogP contribution in [0.5, 0.6) is 11.6 Å². The quantitative estimate of drug-likeness (QED) is 0.319. The molecule has 0 aliphatic carbocycles. The number of halogens is 2. The first-order valence-corrected chi connectivity index (χ1v) is 12.4. The van der Waals surface area contributed by atoms with Gasteiger partial charge in [0.05, 0.1) is 25.4 Å². The van der Waals surface area contributed by atoms with Crippen molar-refractivity contribution in [1.82, 2.24) is 14.6 Å². The molecule has 3 heterocycles. The van der Waals surface area contributed by atoms with E-state index >= 15 is 0 Å². The highest BCUT2D eigenvalue weighted by atomic mass is 32.1. The number of β-amino-alcohol motifs (C(OH)–C–C–N with tert-alkyl or cyclic N) is 1. The second-order valence-corrected chi connectivity index (χ2v) is 9.31. The first-order chi connectivity index (χ1) is 17.4. The first-order valence-electron chi connectivity index (χ1n) is 11.7. The van der Waals surface area contributed by atoms with Crippen molar-refractivity contribution in [2.75, 3.05) is 45.2 Å². The molecule has 0 saturated carbocycles. The molecule has 1 aromatic heterocycles. The lowest BCUT2D eigenvalue weighted by Gasteiger charge is -2.14. The molecule has 2 aliphatic heterocycles. The van der Waals surface area contributed by atoms with E-state index in [1.54, 1.807) is 0 Å². The molecule has 1 saturated heterocycles. The molecule has 2 aromatic rings. The number of nitrogens with one attached hydrogen (secondary N) is 2. The van der Waals surface area contributed by atoms with Crippen LogP contribution in [0, 0.1) is 11.6 Å². The summed E-state index contributed by atoms with van der Waals surface area (Å²) >= 11 is 0.782. The number of unbranched alkanes of at least 4 members (excludes halogenated alkanes) is 1. The summed E-state index contributed by atoms with van der Waals surface area (Å²) in [6, 6.07) is 0.665. The molecule has 1 aromatic carbocycles. The SMILES string of the molecule is COC(=O)c1c(OCc2c(F)cc3c(c2F)OCC3)nsc1NC(=O)NCCCCN1CC[C@H](O)C1. The van der Waals surface area contributed by atoms with Gasteiger partial charge in [-0.25, -0.2) is 18.4 Å². The van der Waals surface area contributed by atoms with E-state index < -0.39 is 30.2 Å². The molecule has 2 aliphatic rings. The van der Waals surface area contributed by atoms with Crippen molar-refractivity contribution in [3.05, 3.63) is 34.4 Å². The summed E-state index contributed by atoms with van der Waals surface area (Å²) in [5.41, 5.74) is -0.0522. The summed E-state index contributed by atoms with van der Waals surface area (Å²) in [6.45, 7) is 2.55. The molecule has 3 N–H and O–H groups in total. The van der Waals surface area contributed by atoms with Crippen molar-refractivity contribution >= 4 is 28.5 Å². The van der Waals surface area contributed by atoms with Gasteiger partial charge in [-0.1, -0.05) is 0 Å². The second kappa shape index (κ2) is 11.8. The van der Waals surface area contributed by atoms with E-state index in [4.69, 9.17) is 14.2 Å². The number of aliphatic hydroxyl groups is 1. The predicted octanol–water partition coefficient (Wildman–Crippen LogP) is 2.69. The summed E-state index contributed by atoms with van der Waals surface area (Å²) in [6.07, 6.45) is 2.55. The molecule has 1 atom stereocenters. The Morgan fingerprint density at radius 2 is 2.19 bits per heavy atom. The number of anilines is 1. The highest BCUT2D eigenvalue weighted by Gasteiger charge is 2.27. The number of aliphatic hydroxyl groups excluding tert-OH is 1. The molecule has 1 fully saturated rings. The zero-order valence-corrected chi connectivity index (χ0v) is 20.6. The number of nitrogens with zero attached hydrogens (tertiary/aromatic N) is 2. The number of amides is 2. The molecule has 13 heteroatoms. The topological polar surface area (TPSA) is 122 Å². The van der Waals surface area contributed by atoms with Gasteiger partial charge in [0, 0.05) is 31.6 Å². The Kier molecular flexibility index (Phi) is 8.54. The van der Waals surface area contributed by atoms with E-state index in [0.717, 1.165) is 51.0 Å². The number of aromatic nitrogens is 1. The smallest absolute Gasteiger partial charge is 0.346 e. The van der Waals surface area contributed by atoms with Gasteiger partial charge < -0.3 is 29.5 Å². The van der Waals surface area contributed by atoms with Gasteiger partial charge in [0.15, 0.2) is 17.1 Å². The molecule has 10 nitrogen and oxygen atoms in total. The highest BCUT2D eigenvalue weighted by molar-refractivity contribution is 7.11. The number of benzene rings is 1. The predicted molar refractivity (Wildman–Crippen MR) is 127 cm³/mol. The van der Waals surface area contributed by atoms with Crippen molar-refractivity contribution in [3.8, 4) is 11.6 Å². The Balaban J connectivity index is 1.33. The maximum absolute atomic E-state index is 14.7. The molecule has 36 heavy (non-hydrogen) atoms. The van der Waals surface area contributed by atoms with Crippen molar-refractivity contribution in [1.29, 1.82) is 0 Å². The number of likely N-dealkylation sites (tertiary alicyclic amines) is 1. The Morgan fingerprint density at radius 3 is 2.94 bits per heavy atom. The van der Waals surface area contributed by atoms with E-state index in [2.05, 4.69) is 19.9 Å². The minimum Gasteiger partial charge on any atom is -0.490 e. The fourth-order valence-electron chi connectivity index (χ4n) is 4.13. The number of esters is 1. The third-order valence-corrected chi connectivity index (χ3v) is 6.77. The third kappa shape index (κ3) is 6.02. The molecule has 0 bridgehead atoms. The minimum absolute atomic E-state index is 0.00137. The van der Waals surface area contributed by atoms with Crippen LogP contribution in [0.2, 0.25) is 0 Å². The number of carbonyl (C=O) groups excluding carboxylic acids is 2. The Morgan fingerprint density at radius 1 is 1.36 bits per heavy atom. The largest absolute Gasteiger partial charge is 0.490 e. The first kappa shape index (κ1) is 26.0. The molecule has 0 unspecified atom stereocenters. The molecule has 196 valence electrons. The monoisotopic (exact) mass is 526 g/mol. The van der Waals surface area contributed by atoms with Crippen LogP contribution in [0.4, 0.5) is 18.6 Å². The third-order valence-electron chi connectivity index (χ3n) is 6.03. The van der Waals surface area contributed by atoms with Gasteiger partial charge in [-0.3, -0.25) is 5.32 Å². The number of hydrogen-bond donors (Lipinski definition) is 3. The highest BCUT2D eigenvalue weighted by Crippen LogP contribution is 2.35. The van der Waals surface area contributed by atoms with Crippen LogP contribution >= 0.6 is 11.5 Å². The van der Waals surface area contributed by atoms with Crippen LogP contribution in [0.3, 0.4) is 0 Å². The number of urea groups is 1. The van der Waals surface area contributed by atoms with Crippen LogP contribution in [0.25, 0.3) is 0 Å². The standard InChI is InChI=1S/C23H28F2N4O6S/c1-33-22(31)17-20(35-12-15-16(24)10-13-5-9-34-19(13)18(15)25)28-36-21(17)27-23(32)26-6-2-3-7-29-8-4-14(30)11-29/h10,14,30H,2-9,11-12H2,1H3,(H2,26,27,32)/t14-/m0/s1. The van der Waals surface area contributed by atoms with E-state index in [-0.39, 0.29) is 40.5 Å². The van der Waals surface area contributed by atoms with Gasteiger partial charge >= 0.3 is 12.0 Å². The van der Waals surface area contributed by atoms with E-state index in [1.807, 2.05) is 0 Å². The van der Waals surface area contributed by atoms with Gasteiger partial charge in [-0.05, 0) is 43.4 Å². The average molecular weight is 527 g/mol. The molecular formula is C23H28F2N4O6S. The number of methoxy groups -OCH3 is 1. The number of ether oxygens (including phenoxy) is 3. The van der Waals surface area contributed by atoms with Crippen LogP contribution in [-0.2, 0) is 17.8 Å². The van der Waals surface area contributed by atoms with Crippen molar-refractivity contribution in [2.24, 2.45) is 0 Å². The lowest BCUT2D eigenvalue weighted by atomic mass is 10.1. The second-order valence-electron chi connectivity index (χ2n) is 8.54. The van der Waals surface area contributed by atoms with E-state index in [1.165, 1.54) is 6.07 Å². The summed E-state index contributed by atoms with van der Waals surface area (Å²) in [4.78, 5) is 26.9. The molecular weight excluding hydrogens is 498 g/mol. The molecule has 4 rings (SSSR count). The maximum atomic E-state index is 14.7. The Labute approximate surface area is 210 Å². The number of carbonyl (C=O) groups is 2. The number of rotatable bonds is 10. The minimum atomic E-state index is -0.851. The lowest BCUT2D eigenvalue weighted by Crippen LogP contribution is -2.30. The van der Waals surface area contributed by atoms with Crippen LogP contribution < -0.4 is 20.1 Å². The normalized spacial score (nSPS) is 16.9. The van der Waals surface area contributed by atoms with Crippen LogP contribution in [0.15, 0.2) is 6.07 Å². The number of hydrogen-bond acceptors (Lipinski definition) is 9. The summed E-state index contributed by atoms with van der Waals surface area (Å²) in [5.74, 6) is -2.67. The molecule has 0 spiro atoms. The summed E-state index contributed by atoms with van der Waals surface area (Å²) < 4.78 is 48.6. The lowest BCUT2D eigenvalue weighted by molar-refractivity contribution is 0.0596. The number of fused-ring (bicyclic) bond motifs is 1. The van der Waals surface area contributed by atoms with Gasteiger partial charge in [-0.15, -0.1) is 0 Å². The van der Waals surface area contributed by atoms with Crippen molar-refractivity contribution < 1.29 is 37.7 Å². The van der Waals surface area contributed by atoms with Crippen molar-refractivity contribution in [2.45, 2.75) is 38.4 Å². The Bertz CT molecular complexity index is 1110. The van der Waals surface area contributed by atoms with E-state index in [0.29, 0.717) is 25.1 Å². The van der Waals surface area contributed by atoms with Gasteiger partial charge in [0.25, 0.3) is 0 Å². The van der Waals surface area contributed by atoms with Crippen molar-refractivity contribution in [3.63, 3.8) is 0 Å². The maximum Gasteiger partial charge on any atom is 0.346 e. The molecule has 0 radical (unpaired) electrons. The summed E-state index contributed by atoms with van der Waals surface area (Å²) in [7, 11) is 1.16. The fraction of sp³-hybridized carbons (Fsp3) is 0.522. The average Bonchev–Trinajstić information content (AvgIpc) is 3.58. The summed E-state index contributed by atoms with van der Waals surface area (Å²) in [5, 5.41) is 14.9. The zero-order valence-electron chi connectivity index (χ0n) is 19.8. The van der Waals surface area contributed by atoms with Crippen LogP contribution in [-0.4, -0.2) is 72.4 Å². The molecule has 2 amide bonds. The van der Waals surface area contributed by atoms with Gasteiger partial charge in [0.1, 0.15) is 17.4 Å². The van der Waals surface area contributed by atoms with E-state index in [9.17, 15) is 23.5 Å². The van der Waals surface area contributed by atoms with Gasteiger partial charge in [0.2, 0.25) is 5.88 Å². The Hall–Kier alpha value is -3.03. The van der Waals surface area contributed by atoms with Gasteiger partial charge in [-0.2, -0.15) is 4.37 Å². The van der Waals surface area contributed by atoms with Crippen LogP contribution in [0.1, 0.15) is 40.7 Å².